The van der Waals surface area contributed by atoms with Crippen LogP contribution in [0, 0.1) is 19.2 Å². The summed E-state index contributed by atoms with van der Waals surface area (Å²) in [5, 5.41) is 0.113. The fourth-order valence-electron chi connectivity index (χ4n) is 0.366. The summed E-state index contributed by atoms with van der Waals surface area (Å²) >= 11 is 5.39. The van der Waals surface area contributed by atoms with E-state index >= 15 is 0 Å². The smallest absolute Gasteiger partial charge is 0.200 e. The molecular formula is C5H3ClFN2. The molecule has 0 aliphatic rings. The highest BCUT2D eigenvalue weighted by Gasteiger charge is 1.98. The molecule has 9 heavy (non-hydrogen) atoms. The minimum Gasteiger partial charge on any atom is -0.200 e. The molecule has 0 bridgehead atoms. The average Bonchev–Trinajstić information content (AvgIpc) is 1.80. The van der Waals surface area contributed by atoms with Crippen LogP contribution in [0.4, 0.5) is 4.39 Å². The SMILES string of the molecule is Cc1[c]nc(F)nc1Cl. The van der Waals surface area contributed by atoms with Gasteiger partial charge in [-0.15, -0.1) is 0 Å². The number of rotatable bonds is 0. The molecule has 0 saturated carbocycles. The minimum atomic E-state index is -0.842. The molecule has 0 saturated heterocycles. The van der Waals surface area contributed by atoms with Gasteiger partial charge in [0.1, 0.15) is 11.3 Å². The lowest BCUT2D eigenvalue weighted by Gasteiger charge is -1.90. The maximum atomic E-state index is 12.0. The Kier molecular flexibility index (Phi) is 1.62. The molecule has 0 unspecified atom stereocenters. The lowest BCUT2D eigenvalue weighted by atomic mass is 10.4. The summed E-state index contributed by atoms with van der Waals surface area (Å²) in [4.78, 5) is 6.38. The van der Waals surface area contributed by atoms with E-state index in [1.54, 1.807) is 6.92 Å². The van der Waals surface area contributed by atoms with Crippen molar-refractivity contribution >= 4 is 11.6 Å². The summed E-state index contributed by atoms with van der Waals surface area (Å²) in [7, 11) is 0. The predicted octanol–water partition coefficient (Wildman–Crippen LogP) is 1.38. The van der Waals surface area contributed by atoms with Crippen molar-refractivity contribution in [3.8, 4) is 0 Å². The normalized spacial score (nSPS) is 9.67. The van der Waals surface area contributed by atoms with Crippen molar-refractivity contribution < 1.29 is 4.39 Å². The van der Waals surface area contributed by atoms with E-state index in [0.29, 0.717) is 5.56 Å². The second kappa shape index (κ2) is 2.27. The second-order valence-corrected chi connectivity index (χ2v) is 1.88. The molecule has 0 aliphatic heterocycles. The number of nitrogens with zero attached hydrogens (tertiary/aromatic N) is 2. The second-order valence-electron chi connectivity index (χ2n) is 1.52. The Morgan fingerprint density at radius 2 is 2.33 bits per heavy atom. The Morgan fingerprint density at radius 3 is 2.78 bits per heavy atom. The maximum Gasteiger partial charge on any atom is 0.310 e. The largest absolute Gasteiger partial charge is 0.310 e. The third-order valence-electron chi connectivity index (χ3n) is 0.816. The van der Waals surface area contributed by atoms with Crippen LogP contribution in [-0.4, -0.2) is 9.97 Å². The number of hydrogen-bond acceptors (Lipinski definition) is 2. The average molecular weight is 146 g/mol. The number of hydrogen-bond donors (Lipinski definition) is 0. The first-order valence-corrected chi connectivity index (χ1v) is 2.65. The molecule has 0 fully saturated rings. The molecule has 0 N–H and O–H groups in total. The van der Waals surface area contributed by atoms with Gasteiger partial charge in [0.05, 0.1) is 0 Å². The molecule has 4 heteroatoms. The summed E-state index contributed by atoms with van der Waals surface area (Å²) < 4.78 is 12.0. The quantitative estimate of drug-likeness (QED) is 0.407. The fourth-order valence-corrected chi connectivity index (χ4v) is 0.478. The monoisotopic (exact) mass is 145 g/mol. The Balaban J connectivity index is 3.17. The third-order valence-corrected chi connectivity index (χ3v) is 1.18. The van der Waals surface area contributed by atoms with E-state index in [1.807, 2.05) is 0 Å². The minimum absolute atomic E-state index is 0.113. The van der Waals surface area contributed by atoms with Crippen molar-refractivity contribution in [1.29, 1.82) is 0 Å². The fraction of sp³-hybridized carbons (Fsp3) is 0.200. The highest BCUT2D eigenvalue weighted by molar-refractivity contribution is 6.30. The highest BCUT2D eigenvalue weighted by Crippen LogP contribution is 2.07. The van der Waals surface area contributed by atoms with Crippen LogP contribution in [-0.2, 0) is 0 Å². The van der Waals surface area contributed by atoms with Crippen molar-refractivity contribution in [3.63, 3.8) is 0 Å². The molecule has 0 aromatic carbocycles. The van der Waals surface area contributed by atoms with Crippen LogP contribution < -0.4 is 0 Å². The van der Waals surface area contributed by atoms with Gasteiger partial charge in [-0.2, -0.15) is 9.37 Å². The van der Waals surface area contributed by atoms with Crippen LogP contribution in [0.3, 0.4) is 0 Å². The first kappa shape index (κ1) is 6.42. The predicted molar refractivity (Wildman–Crippen MR) is 30.6 cm³/mol. The number of halogens is 2. The third kappa shape index (κ3) is 1.36. The Morgan fingerprint density at radius 1 is 1.67 bits per heavy atom. The summed E-state index contributed by atoms with van der Waals surface area (Å²) in [6.07, 6.45) is 1.51. The zero-order valence-electron chi connectivity index (χ0n) is 4.65. The van der Waals surface area contributed by atoms with Crippen LogP contribution in [0.5, 0.6) is 0 Å². The van der Waals surface area contributed by atoms with E-state index in [-0.39, 0.29) is 5.15 Å². The molecule has 1 aromatic heterocycles. The molecule has 1 heterocycles. The van der Waals surface area contributed by atoms with Crippen molar-refractivity contribution in [2.45, 2.75) is 6.92 Å². The van der Waals surface area contributed by atoms with Gasteiger partial charge in [-0.1, -0.05) is 11.6 Å². The maximum absolute atomic E-state index is 12.0. The van der Waals surface area contributed by atoms with Crippen LogP contribution in [0.25, 0.3) is 0 Å². The molecule has 0 atom stereocenters. The van der Waals surface area contributed by atoms with E-state index in [4.69, 9.17) is 11.6 Å². The Hall–Kier alpha value is -0.700. The molecule has 0 spiro atoms. The molecule has 1 radical (unpaired) electrons. The van der Waals surface area contributed by atoms with Crippen LogP contribution in [0.1, 0.15) is 5.56 Å². The lowest BCUT2D eigenvalue weighted by molar-refractivity contribution is 0.536. The lowest BCUT2D eigenvalue weighted by Crippen LogP contribution is -1.90. The van der Waals surface area contributed by atoms with Gasteiger partial charge in [-0.3, -0.25) is 0 Å². The van der Waals surface area contributed by atoms with Gasteiger partial charge in [0, 0.05) is 5.56 Å². The van der Waals surface area contributed by atoms with Crippen LogP contribution in [0.2, 0.25) is 5.15 Å². The standard InChI is InChI=1S/C5H3ClFN2/c1-3-2-8-5(7)9-4(3)6/h1H3. The van der Waals surface area contributed by atoms with E-state index in [1.165, 1.54) is 0 Å². The van der Waals surface area contributed by atoms with E-state index in [0.717, 1.165) is 0 Å². The van der Waals surface area contributed by atoms with E-state index < -0.39 is 6.08 Å². The Bertz CT molecular complexity index is 226. The molecular weight excluding hydrogens is 143 g/mol. The van der Waals surface area contributed by atoms with Crippen molar-refractivity contribution in [1.82, 2.24) is 9.97 Å². The van der Waals surface area contributed by atoms with Gasteiger partial charge in [0.25, 0.3) is 0 Å². The van der Waals surface area contributed by atoms with Gasteiger partial charge < -0.3 is 0 Å². The highest BCUT2D eigenvalue weighted by atomic mass is 35.5. The molecule has 1 aromatic rings. The van der Waals surface area contributed by atoms with Gasteiger partial charge in [0.2, 0.25) is 0 Å². The van der Waals surface area contributed by atoms with Gasteiger partial charge in [0.15, 0.2) is 0 Å². The molecule has 1 rings (SSSR count). The van der Waals surface area contributed by atoms with Crippen LogP contribution in [0.15, 0.2) is 0 Å². The summed E-state index contributed by atoms with van der Waals surface area (Å²) in [5.74, 6) is 0. The first-order valence-electron chi connectivity index (χ1n) is 2.27. The van der Waals surface area contributed by atoms with E-state index in [9.17, 15) is 4.39 Å². The van der Waals surface area contributed by atoms with Crippen molar-refractivity contribution in [2.24, 2.45) is 0 Å². The van der Waals surface area contributed by atoms with Crippen molar-refractivity contribution in [3.05, 3.63) is 23.0 Å². The zero-order chi connectivity index (χ0) is 6.85. The van der Waals surface area contributed by atoms with Crippen molar-refractivity contribution in [2.75, 3.05) is 0 Å². The molecule has 0 amide bonds. The first-order chi connectivity index (χ1) is 4.20. The summed E-state index contributed by atoms with van der Waals surface area (Å²) in [5.41, 5.74) is 0.554. The van der Waals surface area contributed by atoms with Gasteiger partial charge in [-0.25, -0.2) is 4.98 Å². The molecule has 2 nitrogen and oxygen atoms in total. The number of aryl methyl sites for hydroxylation is 1. The molecule has 47 valence electrons. The number of aromatic nitrogens is 2. The van der Waals surface area contributed by atoms with Gasteiger partial charge in [-0.05, 0) is 6.92 Å². The topological polar surface area (TPSA) is 25.8 Å². The molecule has 0 aliphatic carbocycles. The Labute approximate surface area is 56.7 Å². The van der Waals surface area contributed by atoms with E-state index in [2.05, 4.69) is 16.2 Å². The summed E-state index contributed by atoms with van der Waals surface area (Å²) in [6.45, 7) is 1.65. The van der Waals surface area contributed by atoms with Crippen LogP contribution >= 0.6 is 11.6 Å². The zero-order valence-corrected chi connectivity index (χ0v) is 5.41. The van der Waals surface area contributed by atoms with Gasteiger partial charge >= 0.3 is 6.08 Å². The summed E-state index contributed by atoms with van der Waals surface area (Å²) in [6, 6.07) is 0.